The molecule has 2 atom stereocenters. The fourth-order valence-electron chi connectivity index (χ4n) is 2.29. The highest BCUT2D eigenvalue weighted by Crippen LogP contribution is 2.26. The van der Waals surface area contributed by atoms with Crippen molar-refractivity contribution in [3.05, 3.63) is 23.2 Å². The van der Waals surface area contributed by atoms with Crippen molar-refractivity contribution in [2.24, 2.45) is 0 Å². The molecule has 0 amide bonds. The van der Waals surface area contributed by atoms with Crippen molar-refractivity contribution < 1.29 is 5.11 Å². The molecule has 6 heteroatoms. The second-order valence-electron chi connectivity index (χ2n) is 4.27. The van der Waals surface area contributed by atoms with E-state index in [1.165, 1.54) is 0 Å². The van der Waals surface area contributed by atoms with Crippen molar-refractivity contribution in [2.75, 3.05) is 0 Å². The molecule has 3 heterocycles. The Morgan fingerprint density at radius 3 is 3.24 bits per heavy atom. The highest BCUT2D eigenvalue weighted by atomic mass is 35.5. The predicted molar refractivity (Wildman–Crippen MR) is 64.7 cm³/mol. The third-order valence-corrected chi connectivity index (χ3v) is 3.39. The number of hydrogen-bond acceptors (Lipinski definition) is 4. The zero-order valence-corrected chi connectivity index (χ0v) is 10.1. The van der Waals surface area contributed by atoms with Crippen LogP contribution in [0, 0.1) is 0 Å². The van der Waals surface area contributed by atoms with Gasteiger partial charge in [0.1, 0.15) is 11.9 Å². The lowest BCUT2D eigenvalue weighted by atomic mass is 10.1. The van der Waals surface area contributed by atoms with E-state index < -0.39 is 6.23 Å². The van der Waals surface area contributed by atoms with Gasteiger partial charge in [-0.05, 0) is 24.1 Å². The molecule has 0 aliphatic carbocycles. The van der Waals surface area contributed by atoms with E-state index in [1.54, 1.807) is 6.20 Å². The van der Waals surface area contributed by atoms with Gasteiger partial charge in [0.05, 0.1) is 5.69 Å². The Labute approximate surface area is 103 Å². The fraction of sp³-hybridized carbons (Fsp3) is 0.455. The smallest absolute Gasteiger partial charge is 0.224 e. The first kappa shape index (κ1) is 11.0. The summed E-state index contributed by atoms with van der Waals surface area (Å²) in [5, 5.41) is 14.3. The molecule has 3 rings (SSSR count). The lowest BCUT2D eigenvalue weighted by Crippen LogP contribution is -2.41. The van der Waals surface area contributed by atoms with Crippen LogP contribution in [0.5, 0.6) is 0 Å². The summed E-state index contributed by atoms with van der Waals surface area (Å²) in [6.45, 7) is 2.88. The predicted octanol–water partition coefficient (Wildman–Crippen LogP) is 1.46. The van der Waals surface area contributed by atoms with Crippen LogP contribution in [0.4, 0.5) is 0 Å². The quantitative estimate of drug-likeness (QED) is 0.755. The summed E-state index contributed by atoms with van der Waals surface area (Å²) in [6.07, 6.45) is 1.99. The third-order valence-electron chi connectivity index (χ3n) is 3.21. The monoisotopic (exact) mass is 252 g/mol. The average molecular weight is 253 g/mol. The summed E-state index contributed by atoms with van der Waals surface area (Å²) < 4.78 is 2.01. The zero-order chi connectivity index (χ0) is 12.0. The molecule has 0 saturated carbocycles. The minimum absolute atomic E-state index is 0.236. The molecule has 17 heavy (non-hydrogen) atoms. The van der Waals surface area contributed by atoms with E-state index in [9.17, 15) is 5.11 Å². The molecule has 2 aromatic heterocycles. The van der Waals surface area contributed by atoms with E-state index in [4.69, 9.17) is 11.6 Å². The molecule has 0 bridgehead atoms. The number of nitrogens with zero attached hydrogens (tertiary/aromatic N) is 3. The van der Waals surface area contributed by atoms with Gasteiger partial charge < -0.3 is 9.67 Å². The summed E-state index contributed by atoms with van der Waals surface area (Å²) in [5.41, 5.74) is 1.61. The number of nitrogens with one attached hydrogen (secondary N) is 1. The summed E-state index contributed by atoms with van der Waals surface area (Å²) in [4.78, 5) is 8.18. The minimum atomic E-state index is -0.651. The molecule has 0 saturated heterocycles. The molecule has 2 unspecified atom stereocenters. The largest absolute Gasteiger partial charge is 0.373 e. The van der Waals surface area contributed by atoms with Gasteiger partial charge in [-0.15, -0.1) is 0 Å². The highest BCUT2D eigenvalue weighted by Gasteiger charge is 2.26. The molecule has 0 radical (unpaired) electrons. The maximum Gasteiger partial charge on any atom is 0.224 e. The average Bonchev–Trinajstić information content (AvgIpc) is 2.68. The van der Waals surface area contributed by atoms with E-state index in [0.717, 1.165) is 29.7 Å². The van der Waals surface area contributed by atoms with Crippen LogP contribution in [-0.4, -0.2) is 25.7 Å². The van der Waals surface area contributed by atoms with E-state index in [0.29, 0.717) is 0 Å². The maximum atomic E-state index is 10.0. The molecular formula is C11H13ClN4O. The lowest BCUT2D eigenvalue weighted by Gasteiger charge is -2.29. The number of rotatable bonds is 1. The molecule has 1 aliphatic rings. The Bertz CT molecular complexity index is 568. The van der Waals surface area contributed by atoms with E-state index >= 15 is 0 Å². The van der Waals surface area contributed by atoms with Gasteiger partial charge >= 0.3 is 0 Å². The maximum absolute atomic E-state index is 10.0. The van der Waals surface area contributed by atoms with Crippen molar-refractivity contribution in [2.45, 2.75) is 32.2 Å². The molecule has 2 aromatic rings. The van der Waals surface area contributed by atoms with Crippen molar-refractivity contribution in [3.63, 3.8) is 0 Å². The summed E-state index contributed by atoms with van der Waals surface area (Å²) in [7, 11) is 0. The molecule has 0 aromatic carbocycles. The van der Waals surface area contributed by atoms with Gasteiger partial charge in [0.15, 0.2) is 0 Å². The number of hydrogen-bond donors (Lipinski definition) is 2. The molecule has 0 fully saturated rings. The topological polar surface area (TPSA) is 63.0 Å². The first-order valence-corrected chi connectivity index (χ1v) is 6.02. The normalized spacial score (nSPS) is 23.9. The van der Waals surface area contributed by atoms with Crippen LogP contribution in [0.25, 0.3) is 11.0 Å². The highest BCUT2D eigenvalue weighted by molar-refractivity contribution is 6.28. The zero-order valence-electron chi connectivity index (χ0n) is 9.39. The second kappa shape index (κ2) is 3.94. The van der Waals surface area contributed by atoms with Gasteiger partial charge in [0.25, 0.3) is 0 Å². The second-order valence-corrected chi connectivity index (χ2v) is 4.61. The van der Waals surface area contributed by atoms with Crippen LogP contribution in [0.3, 0.4) is 0 Å². The Kier molecular flexibility index (Phi) is 2.54. The van der Waals surface area contributed by atoms with Crippen LogP contribution in [0.1, 0.15) is 25.3 Å². The van der Waals surface area contributed by atoms with Gasteiger partial charge in [-0.3, -0.25) is 5.32 Å². The third kappa shape index (κ3) is 1.71. The summed E-state index contributed by atoms with van der Waals surface area (Å²) >= 11 is 5.81. The first-order chi connectivity index (χ1) is 8.19. The van der Waals surface area contributed by atoms with Crippen molar-refractivity contribution in [3.8, 4) is 0 Å². The van der Waals surface area contributed by atoms with Crippen LogP contribution < -0.4 is 5.32 Å². The molecule has 1 aliphatic heterocycles. The number of aliphatic hydroxyl groups excluding tert-OH is 1. The molecular weight excluding hydrogens is 240 g/mol. The van der Waals surface area contributed by atoms with E-state index in [-0.39, 0.29) is 11.3 Å². The molecule has 5 nitrogen and oxygen atoms in total. The Hall–Kier alpha value is -1.17. The van der Waals surface area contributed by atoms with Gasteiger partial charge in [0.2, 0.25) is 5.28 Å². The van der Waals surface area contributed by atoms with Crippen molar-refractivity contribution in [1.29, 1.82) is 0 Å². The van der Waals surface area contributed by atoms with Gasteiger partial charge in [-0.2, -0.15) is 4.98 Å². The Morgan fingerprint density at radius 1 is 1.65 bits per heavy atom. The van der Waals surface area contributed by atoms with E-state index in [2.05, 4.69) is 22.2 Å². The van der Waals surface area contributed by atoms with Crippen LogP contribution >= 0.6 is 11.6 Å². The number of halogens is 1. The molecule has 90 valence electrons. The lowest BCUT2D eigenvalue weighted by molar-refractivity contribution is 0.0925. The molecule has 2 N–H and O–H groups in total. The number of fused-ring (bicyclic) bond motifs is 3. The van der Waals surface area contributed by atoms with Crippen molar-refractivity contribution >= 4 is 22.6 Å². The Balaban J connectivity index is 2.19. The summed E-state index contributed by atoms with van der Waals surface area (Å²) in [5.74, 6) is 0. The summed E-state index contributed by atoms with van der Waals surface area (Å²) in [6, 6.07) is 2.15. The van der Waals surface area contributed by atoms with Crippen LogP contribution in [0.2, 0.25) is 5.28 Å². The number of aromatic nitrogens is 3. The van der Waals surface area contributed by atoms with Crippen LogP contribution in [-0.2, 0) is 6.54 Å². The molecule has 0 spiro atoms. The van der Waals surface area contributed by atoms with Crippen molar-refractivity contribution in [1.82, 2.24) is 19.9 Å². The van der Waals surface area contributed by atoms with Gasteiger partial charge in [-0.25, -0.2) is 4.98 Å². The minimum Gasteiger partial charge on any atom is -0.373 e. The first-order valence-electron chi connectivity index (χ1n) is 5.65. The standard InChI is InChI=1S/C11H13ClN4O/c1-2-7-5-16-8(10(17)14-7)3-6-4-13-11(12)15-9(6)16/h3-4,7,10,14,17H,2,5H2,1H3. The number of aliphatic hydroxyl groups is 1. The van der Waals surface area contributed by atoms with Gasteiger partial charge in [-0.1, -0.05) is 6.92 Å². The fourth-order valence-corrected chi connectivity index (χ4v) is 2.41. The Morgan fingerprint density at radius 2 is 2.47 bits per heavy atom. The van der Waals surface area contributed by atoms with E-state index in [1.807, 2.05) is 10.6 Å². The van der Waals surface area contributed by atoms with Gasteiger partial charge in [0, 0.05) is 24.2 Å². The van der Waals surface area contributed by atoms with Crippen LogP contribution in [0.15, 0.2) is 12.3 Å². The SMILES string of the molecule is CCC1Cn2c(cc3cnc(Cl)nc32)C(O)N1.